The average Bonchev–Trinajstić information content (AvgIpc) is 2.42. The minimum absolute atomic E-state index is 0.0618. The van der Waals surface area contributed by atoms with Gasteiger partial charge < -0.3 is 9.72 Å². The third-order valence-corrected chi connectivity index (χ3v) is 3.50. The summed E-state index contributed by atoms with van der Waals surface area (Å²) < 4.78 is 5.29. The van der Waals surface area contributed by atoms with Crippen LogP contribution in [-0.2, 0) is 24.2 Å². The summed E-state index contributed by atoms with van der Waals surface area (Å²) in [5, 5.41) is 0. The van der Waals surface area contributed by atoms with Gasteiger partial charge in [0.05, 0.1) is 24.5 Å². The molecule has 4 nitrogen and oxygen atoms in total. The van der Waals surface area contributed by atoms with E-state index in [2.05, 4.69) is 29.0 Å². The zero-order valence-corrected chi connectivity index (χ0v) is 10.9. The van der Waals surface area contributed by atoms with Crippen LogP contribution in [0, 0.1) is 6.92 Å². The van der Waals surface area contributed by atoms with E-state index in [1.165, 1.54) is 11.1 Å². The van der Waals surface area contributed by atoms with Gasteiger partial charge in [-0.05, 0) is 18.1 Å². The van der Waals surface area contributed by atoms with Crippen LogP contribution in [0.2, 0.25) is 0 Å². The third kappa shape index (κ3) is 2.44. The molecular weight excluding hydrogens is 240 g/mol. The van der Waals surface area contributed by atoms with E-state index < -0.39 is 0 Å². The van der Waals surface area contributed by atoms with E-state index >= 15 is 0 Å². The summed E-state index contributed by atoms with van der Waals surface area (Å²) in [7, 11) is 0. The van der Waals surface area contributed by atoms with Crippen LogP contribution in [0.15, 0.2) is 29.1 Å². The van der Waals surface area contributed by atoms with Crippen molar-refractivity contribution in [2.45, 2.75) is 26.4 Å². The molecule has 2 heterocycles. The molecule has 1 aromatic heterocycles. The summed E-state index contributed by atoms with van der Waals surface area (Å²) in [6.45, 7) is 3.09. The van der Waals surface area contributed by atoms with Crippen molar-refractivity contribution < 1.29 is 4.74 Å². The number of benzene rings is 1. The van der Waals surface area contributed by atoms with Gasteiger partial charge in [-0.25, -0.2) is 4.98 Å². The van der Waals surface area contributed by atoms with Gasteiger partial charge >= 0.3 is 0 Å². The molecular formula is C15H16N2O2. The lowest BCUT2D eigenvalue weighted by Gasteiger charge is -2.15. The van der Waals surface area contributed by atoms with Crippen molar-refractivity contribution in [3.63, 3.8) is 0 Å². The van der Waals surface area contributed by atoms with Crippen LogP contribution in [0.4, 0.5) is 0 Å². The number of hydrogen-bond donors (Lipinski definition) is 1. The molecule has 0 saturated carbocycles. The minimum atomic E-state index is -0.0618. The van der Waals surface area contributed by atoms with Gasteiger partial charge in [-0.1, -0.05) is 24.3 Å². The van der Waals surface area contributed by atoms with E-state index in [1.54, 1.807) is 0 Å². The molecule has 0 saturated heterocycles. The van der Waals surface area contributed by atoms with Crippen molar-refractivity contribution in [3.05, 3.63) is 62.8 Å². The fourth-order valence-corrected chi connectivity index (χ4v) is 2.37. The smallest absolute Gasteiger partial charge is 0.256 e. The van der Waals surface area contributed by atoms with Crippen LogP contribution in [0.1, 0.15) is 28.2 Å². The van der Waals surface area contributed by atoms with E-state index in [0.717, 1.165) is 17.9 Å². The summed E-state index contributed by atoms with van der Waals surface area (Å²) in [6.07, 6.45) is 1.38. The van der Waals surface area contributed by atoms with Gasteiger partial charge in [0.15, 0.2) is 0 Å². The number of H-pyrrole nitrogens is 1. The Labute approximate surface area is 111 Å². The monoisotopic (exact) mass is 256 g/mol. The molecule has 1 aromatic carbocycles. The maximum atomic E-state index is 12.0. The predicted octanol–water partition coefficient (Wildman–Crippen LogP) is 1.74. The Kier molecular flexibility index (Phi) is 3.17. The summed E-state index contributed by atoms with van der Waals surface area (Å²) in [6, 6.07) is 8.16. The van der Waals surface area contributed by atoms with Gasteiger partial charge in [0.1, 0.15) is 5.82 Å². The Bertz CT molecular complexity index is 661. The topological polar surface area (TPSA) is 55.0 Å². The zero-order valence-electron chi connectivity index (χ0n) is 10.9. The number of aryl methyl sites for hydroxylation is 1. The zero-order chi connectivity index (χ0) is 13.2. The third-order valence-electron chi connectivity index (χ3n) is 3.50. The second kappa shape index (κ2) is 4.97. The number of ether oxygens (including phenoxy) is 1. The molecule has 1 aliphatic heterocycles. The van der Waals surface area contributed by atoms with Crippen molar-refractivity contribution in [3.8, 4) is 0 Å². The molecule has 0 aliphatic carbocycles. The molecule has 0 fully saturated rings. The molecule has 0 atom stereocenters. The van der Waals surface area contributed by atoms with Crippen LogP contribution < -0.4 is 5.56 Å². The second-order valence-corrected chi connectivity index (χ2v) is 4.84. The van der Waals surface area contributed by atoms with E-state index in [0.29, 0.717) is 25.2 Å². The summed E-state index contributed by atoms with van der Waals surface area (Å²) in [5.74, 6) is 0.736. The molecule has 0 amide bonds. The first-order chi connectivity index (χ1) is 9.24. The highest BCUT2D eigenvalue weighted by Crippen LogP contribution is 2.14. The van der Waals surface area contributed by atoms with E-state index in [-0.39, 0.29) is 5.56 Å². The fraction of sp³-hybridized carbons (Fsp3) is 0.333. The standard InChI is InChI=1S/C15H16N2O2/c1-10-4-2-3-5-11(10)8-14-16-13-6-7-19-9-12(13)15(18)17-14/h2-5H,6-9H2,1H3,(H,16,17,18). The van der Waals surface area contributed by atoms with Crippen LogP contribution in [0.25, 0.3) is 0 Å². The Morgan fingerprint density at radius 1 is 1.37 bits per heavy atom. The van der Waals surface area contributed by atoms with Crippen LogP contribution in [-0.4, -0.2) is 16.6 Å². The highest BCUT2D eigenvalue weighted by atomic mass is 16.5. The van der Waals surface area contributed by atoms with Crippen molar-refractivity contribution in [1.29, 1.82) is 0 Å². The van der Waals surface area contributed by atoms with Crippen molar-refractivity contribution in [1.82, 2.24) is 9.97 Å². The van der Waals surface area contributed by atoms with Crippen LogP contribution >= 0.6 is 0 Å². The lowest BCUT2D eigenvalue weighted by atomic mass is 10.1. The molecule has 0 unspecified atom stereocenters. The lowest BCUT2D eigenvalue weighted by Crippen LogP contribution is -2.25. The van der Waals surface area contributed by atoms with E-state index in [1.807, 2.05) is 12.1 Å². The Balaban J connectivity index is 1.96. The molecule has 1 N–H and O–H groups in total. The Hall–Kier alpha value is -1.94. The number of hydrogen-bond acceptors (Lipinski definition) is 3. The molecule has 1 aliphatic rings. The summed E-state index contributed by atoms with van der Waals surface area (Å²) in [4.78, 5) is 19.4. The minimum Gasteiger partial charge on any atom is -0.376 e. The highest BCUT2D eigenvalue weighted by Gasteiger charge is 2.16. The quantitative estimate of drug-likeness (QED) is 0.890. The molecule has 19 heavy (non-hydrogen) atoms. The Morgan fingerprint density at radius 3 is 3.05 bits per heavy atom. The molecule has 0 radical (unpaired) electrons. The second-order valence-electron chi connectivity index (χ2n) is 4.84. The molecule has 98 valence electrons. The maximum absolute atomic E-state index is 12.0. The number of aromatic amines is 1. The summed E-state index contributed by atoms with van der Waals surface area (Å²) >= 11 is 0. The van der Waals surface area contributed by atoms with Crippen molar-refractivity contribution in [2.24, 2.45) is 0 Å². The Morgan fingerprint density at radius 2 is 2.21 bits per heavy atom. The van der Waals surface area contributed by atoms with Crippen LogP contribution in [0.5, 0.6) is 0 Å². The molecule has 0 bridgehead atoms. The lowest BCUT2D eigenvalue weighted by molar-refractivity contribution is 0.108. The molecule has 3 rings (SSSR count). The van der Waals surface area contributed by atoms with Crippen molar-refractivity contribution in [2.75, 3.05) is 6.61 Å². The number of fused-ring (bicyclic) bond motifs is 1. The predicted molar refractivity (Wildman–Crippen MR) is 72.2 cm³/mol. The summed E-state index contributed by atoms with van der Waals surface area (Å²) in [5.41, 5.74) is 3.91. The largest absolute Gasteiger partial charge is 0.376 e. The van der Waals surface area contributed by atoms with E-state index in [4.69, 9.17) is 4.74 Å². The molecule has 2 aromatic rings. The van der Waals surface area contributed by atoms with Gasteiger partial charge in [0.25, 0.3) is 5.56 Å². The normalized spacial score (nSPS) is 14.2. The first-order valence-corrected chi connectivity index (χ1v) is 6.47. The first-order valence-electron chi connectivity index (χ1n) is 6.47. The number of nitrogens with zero attached hydrogens (tertiary/aromatic N) is 1. The van der Waals surface area contributed by atoms with Gasteiger partial charge in [-0.2, -0.15) is 0 Å². The first kappa shape index (κ1) is 12.1. The van der Waals surface area contributed by atoms with Gasteiger partial charge in [-0.15, -0.1) is 0 Å². The number of aromatic nitrogens is 2. The maximum Gasteiger partial charge on any atom is 0.256 e. The van der Waals surface area contributed by atoms with Gasteiger partial charge in [0.2, 0.25) is 0 Å². The highest BCUT2D eigenvalue weighted by molar-refractivity contribution is 5.29. The number of nitrogens with one attached hydrogen (secondary N) is 1. The molecule has 0 spiro atoms. The van der Waals surface area contributed by atoms with Gasteiger partial charge in [-0.3, -0.25) is 4.79 Å². The molecule has 4 heteroatoms. The average molecular weight is 256 g/mol. The van der Waals surface area contributed by atoms with E-state index in [9.17, 15) is 4.79 Å². The van der Waals surface area contributed by atoms with Gasteiger partial charge in [0, 0.05) is 12.8 Å². The SMILES string of the molecule is Cc1ccccc1Cc1nc2c(c(=O)[nH]1)COCC2. The number of rotatable bonds is 2. The van der Waals surface area contributed by atoms with Crippen LogP contribution in [0.3, 0.4) is 0 Å². The van der Waals surface area contributed by atoms with Crippen molar-refractivity contribution >= 4 is 0 Å². The fourth-order valence-electron chi connectivity index (χ4n) is 2.37.